The number of carbonyl (C=O) groups excluding carboxylic acids is 2. The van der Waals surface area contributed by atoms with Crippen molar-refractivity contribution in [3.05, 3.63) is 0 Å². The highest BCUT2D eigenvalue weighted by molar-refractivity contribution is 5.82. The first-order chi connectivity index (χ1) is 10.3. The largest absolute Gasteiger partial charge is 0.370 e. The van der Waals surface area contributed by atoms with Gasteiger partial charge in [0.05, 0.1) is 12.3 Å². The zero-order valence-electron chi connectivity index (χ0n) is 15.8. The number of primary amides is 1. The predicted octanol–water partition coefficient (Wildman–Crippen LogP) is 1.78. The summed E-state index contributed by atoms with van der Waals surface area (Å²) < 4.78 is 5.66. The zero-order chi connectivity index (χ0) is 18.3. The number of carbonyl (C=O) groups is 2. The molecule has 0 aliphatic carbocycles. The van der Waals surface area contributed by atoms with Gasteiger partial charge >= 0.3 is 0 Å². The van der Waals surface area contributed by atoms with Gasteiger partial charge in [-0.15, -0.1) is 0 Å². The second kappa shape index (κ2) is 8.64. The van der Waals surface area contributed by atoms with Gasteiger partial charge in [0.15, 0.2) is 0 Å². The Balaban J connectivity index is 4.45. The van der Waals surface area contributed by atoms with Crippen molar-refractivity contribution < 1.29 is 14.3 Å². The average molecular weight is 329 g/mol. The standard InChI is InChI=1S/C17H35N3O3/c1-15(2,10-13(18)21)11-16(3,4)14(22)20-9-8-17(5,6)23-12-19-7/h19H,8-12H2,1-7H3,(H2,18,21)(H,20,22). The molecule has 0 fully saturated rings. The van der Waals surface area contributed by atoms with E-state index in [1.54, 1.807) is 0 Å². The molecule has 0 rings (SSSR count). The lowest BCUT2D eigenvalue weighted by atomic mass is 9.72. The van der Waals surface area contributed by atoms with Gasteiger partial charge in [-0.3, -0.25) is 14.9 Å². The monoisotopic (exact) mass is 329 g/mol. The van der Waals surface area contributed by atoms with E-state index in [2.05, 4.69) is 10.6 Å². The normalized spacial score (nSPS) is 13.0. The van der Waals surface area contributed by atoms with E-state index < -0.39 is 5.41 Å². The number of nitrogens with one attached hydrogen (secondary N) is 2. The fourth-order valence-corrected chi connectivity index (χ4v) is 2.87. The molecule has 0 radical (unpaired) electrons. The molecule has 6 heteroatoms. The van der Waals surface area contributed by atoms with Crippen LogP contribution >= 0.6 is 0 Å². The molecule has 0 saturated carbocycles. The average Bonchev–Trinajstić information content (AvgIpc) is 2.32. The third kappa shape index (κ3) is 9.56. The van der Waals surface area contributed by atoms with Crippen LogP contribution in [0.5, 0.6) is 0 Å². The molecular formula is C17H35N3O3. The Labute approximate surface area is 140 Å². The maximum absolute atomic E-state index is 12.4. The summed E-state index contributed by atoms with van der Waals surface area (Å²) in [5.41, 5.74) is 4.12. The third-order valence-corrected chi connectivity index (χ3v) is 3.81. The second-order valence-corrected chi connectivity index (χ2v) is 8.28. The summed E-state index contributed by atoms with van der Waals surface area (Å²) in [6.07, 6.45) is 1.59. The van der Waals surface area contributed by atoms with Crippen LogP contribution in [0.25, 0.3) is 0 Å². The van der Waals surface area contributed by atoms with Crippen LogP contribution in [-0.2, 0) is 14.3 Å². The van der Waals surface area contributed by atoms with Crippen molar-refractivity contribution in [2.75, 3.05) is 20.3 Å². The Morgan fingerprint density at radius 3 is 2.13 bits per heavy atom. The fraction of sp³-hybridized carbons (Fsp3) is 0.882. The van der Waals surface area contributed by atoms with Crippen molar-refractivity contribution in [1.82, 2.24) is 10.6 Å². The molecule has 4 N–H and O–H groups in total. The van der Waals surface area contributed by atoms with E-state index in [0.717, 1.165) is 6.42 Å². The van der Waals surface area contributed by atoms with Crippen molar-refractivity contribution >= 4 is 11.8 Å². The molecule has 0 aliphatic rings. The second-order valence-electron chi connectivity index (χ2n) is 8.28. The van der Waals surface area contributed by atoms with Crippen LogP contribution in [0.1, 0.15) is 60.8 Å². The molecule has 0 aliphatic heterocycles. The summed E-state index contributed by atoms with van der Waals surface area (Å²) in [6.45, 7) is 12.7. The predicted molar refractivity (Wildman–Crippen MR) is 92.7 cm³/mol. The SMILES string of the molecule is CNCOC(C)(C)CCNC(=O)C(C)(C)CC(C)(C)CC(N)=O. The Bertz CT molecular complexity index is 404. The van der Waals surface area contributed by atoms with Crippen molar-refractivity contribution in [3.8, 4) is 0 Å². The molecule has 136 valence electrons. The Kier molecular flexibility index (Phi) is 8.21. The van der Waals surface area contributed by atoms with Crippen molar-refractivity contribution in [3.63, 3.8) is 0 Å². The number of ether oxygens (including phenoxy) is 1. The van der Waals surface area contributed by atoms with Crippen molar-refractivity contribution in [2.24, 2.45) is 16.6 Å². The molecule has 2 amide bonds. The van der Waals surface area contributed by atoms with Crippen molar-refractivity contribution in [1.29, 1.82) is 0 Å². The molecule has 0 spiro atoms. The van der Waals surface area contributed by atoms with E-state index >= 15 is 0 Å². The smallest absolute Gasteiger partial charge is 0.225 e. The Morgan fingerprint density at radius 2 is 1.65 bits per heavy atom. The first-order valence-electron chi connectivity index (χ1n) is 8.16. The lowest BCUT2D eigenvalue weighted by Gasteiger charge is -2.33. The van der Waals surface area contributed by atoms with Crippen LogP contribution in [0.4, 0.5) is 0 Å². The number of hydrogen-bond acceptors (Lipinski definition) is 4. The third-order valence-electron chi connectivity index (χ3n) is 3.81. The Morgan fingerprint density at radius 1 is 1.09 bits per heavy atom. The molecule has 0 aromatic heterocycles. The van der Waals surface area contributed by atoms with Crippen LogP contribution in [0.15, 0.2) is 0 Å². The minimum absolute atomic E-state index is 0.0144. The molecule has 0 bridgehead atoms. The van der Waals surface area contributed by atoms with Crippen LogP contribution in [0, 0.1) is 10.8 Å². The zero-order valence-corrected chi connectivity index (χ0v) is 15.8. The summed E-state index contributed by atoms with van der Waals surface area (Å²) in [7, 11) is 1.83. The van der Waals surface area contributed by atoms with Gasteiger partial charge < -0.3 is 15.8 Å². The van der Waals surface area contributed by atoms with E-state index in [1.807, 2.05) is 48.6 Å². The number of rotatable bonds is 11. The molecule has 23 heavy (non-hydrogen) atoms. The summed E-state index contributed by atoms with van der Waals surface area (Å²) in [5.74, 6) is -0.353. The highest BCUT2D eigenvalue weighted by atomic mass is 16.5. The van der Waals surface area contributed by atoms with Crippen LogP contribution < -0.4 is 16.4 Å². The van der Waals surface area contributed by atoms with E-state index in [-0.39, 0.29) is 29.3 Å². The summed E-state index contributed by atoms with van der Waals surface area (Å²) in [4.78, 5) is 23.6. The highest BCUT2D eigenvalue weighted by Gasteiger charge is 2.35. The molecule has 0 saturated heterocycles. The number of amides is 2. The quantitative estimate of drug-likeness (QED) is 0.504. The van der Waals surface area contributed by atoms with Gasteiger partial charge in [-0.2, -0.15) is 0 Å². The maximum atomic E-state index is 12.4. The summed E-state index contributed by atoms with van der Waals surface area (Å²) >= 11 is 0. The van der Waals surface area contributed by atoms with Crippen molar-refractivity contribution in [2.45, 2.75) is 66.4 Å². The van der Waals surface area contributed by atoms with E-state index in [0.29, 0.717) is 19.7 Å². The van der Waals surface area contributed by atoms with Crippen LogP contribution in [-0.4, -0.2) is 37.7 Å². The van der Waals surface area contributed by atoms with Gasteiger partial charge in [0.25, 0.3) is 0 Å². The van der Waals surface area contributed by atoms with Gasteiger partial charge in [-0.05, 0) is 39.2 Å². The fourth-order valence-electron chi connectivity index (χ4n) is 2.87. The minimum atomic E-state index is -0.561. The molecule has 0 aromatic rings. The molecule has 0 atom stereocenters. The summed E-state index contributed by atoms with van der Waals surface area (Å²) in [6, 6.07) is 0. The maximum Gasteiger partial charge on any atom is 0.225 e. The van der Waals surface area contributed by atoms with Crippen LogP contribution in [0.3, 0.4) is 0 Å². The van der Waals surface area contributed by atoms with Gasteiger partial charge in [0, 0.05) is 18.4 Å². The topological polar surface area (TPSA) is 93.4 Å². The molecule has 0 aromatic carbocycles. The van der Waals surface area contributed by atoms with E-state index in [1.165, 1.54) is 0 Å². The van der Waals surface area contributed by atoms with Gasteiger partial charge in [0.2, 0.25) is 11.8 Å². The lowest BCUT2D eigenvalue weighted by Crippen LogP contribution is -2.42. The lowest BCUT2D eigenvalue weighted by molar-refractivity contribution is -0.132. The highest BCUT2D eigenvalue weighted by Crippen LogP contribution is 2.36. The molecule has 6 nitrogen and oxygen atoms in total. The Hall–Kier alpha value is -1.14. The summed E-state index contributed by atoms with van der Waals surface area (Å²) in [5, 5.41) is 5.92. The molecular weight excluding hydrogens is 294 g/mol. The minimum Gasteiger partial charge on any atom is -0.370 e. The molecule has 0 unspecified atom stereocenters. The van der Waals surface area contributed by atoms with Gasteiger partial charge in [-0.25, -0.2) is 0 Å². The first-order valence-corrected chi connectivity index (χ1v) is 8.16. The number of nitrogens with two attached hydrogens (primary N) is 1. The van der Waals surface area contributed by atoms with E-state index in [9.17, 15) is 9.59 Å². The molecule has 0 heterocycles. The van der Waals surface area contributed by atoms with Gasteiger partial charge in [0.1, 0.15) is 0 Å². The van der Waals surface area contributed by atoms with Gasteiger partial charge in [-0.1, -0.05) is 27.7 Å². The van der Waals surface area contributed by atoms with Crippen LogP contribution in [0.2, 0.25) is 0 Å². The number of hydrogen-bond donors (Lipinski definition) is 3. The van der Waals surface area contributed by atoms with E-state index in [4.69, 9.17) is 10.5 Å². The first kappa shape index (κ1) is 21.9.